The van der Waals surface area contributed by atoms with E-state index >= 15 is 0 Å². The third-order valence-electron chi connectivity index (χ3n) is 1.65. The molecule has 0 aliphatic heterocycles. The molecule has 5 nitrogen and oxygen atoms in total. The summed E-state index contributed by atoms with van der Waals surface area (Å²) in [7, 11) is 0. The number of nitro groups is 1. The molecular formula is C8H5F2NO4. The van der Waals surface area contributed by atoms with Crippen molar-refractivity contribution in [1.82, 2.24) is 0 Å². The minimum Gasteiger partial charge on any atom is -0.502 e. The van der Waals surface area contributed by atoms with E-state index in [2.05, 4.69) is 0 Å². The molecule has 0 heterocycles. The molecule has 0 unspecified atom stereocenters. The number of benzene rings is 1. The highest BCUT2D eigenvalue weighted by atomic mass is 19.3. The largest absolute Gasteiger partial charge is 0.502 e. The van der Waals surface area contributed by atoms with Crippen LogP contribution in [0.4, 0.5) is 14.5 Å². The number of hydrogen-bond acceptors (Lipinski definition) is 4. The number of nitrogens with zero attached hydrogens (tertiary/aromatic N) is 1. The molecule has 7 heteroatoms. The summed E-state index contributed by atoms with van der Waals surface area (Å²) in [5, 5.41) is 19.3. The molecule has 80 valence electrons. The fourth-order valence-corrected chi connectivity index (χ4v) is 0.957. The fraction of sp³-hybridized carbons (Fsp3) is 0.125. The standard InChI is InChI=1S/C8H5F2NO4/c9-8(10)7(13)4-1-2-5(11(14)15)6(12)3-4/h1-3,8,12H. The topological polar surface area (TPSA) is 80.4 Å². The number of nitro benzene ring substituents is 1. The molecule has 0 radical (unpaired) electrons. The Labute approximate surface area is 82.1 Å². The van der Waals surface area contributed by atoms with Crippen molar-refractivity contribution < 1.29 is 23.6 Å². The van der Waals surface area contributed by atoms with Gasteiger partial charge in [-0.1, -0.05) is 0 Å². The lowest BCUT2D eigenvalue weighted by Crippen LogP contribution is -2.09. The highest BCUT2D eigenvalue weighted by Crippen LogP contribution is 2.26. The lowest BCUT2D eigenvalue weighted by atomic mass is 10.1. The fourth-order valence-electron chi connectivity index (χ4n) is 0.957. The van der Waals surface area contributed by atoms with Gasteiger partial charge in [-0.25, -0.2) is 8.78 Å². The lowest BCUT2D eigenvalue weighted by Gasteiger charge is -2.00. The summed E-state index contributed by atoms with van der Waals surface area (Å²) in [5.41, 5.74) is -1.10. The second-order valence-corrected chi connectivity index (χ2v) is 2.63. The summed E-state index contributed by atoms with van der Waals surface area (Å²) in [6.45, 7) is 0. The zero-order valence-corrected chi connectivity index (χ0v) is 7.18. The third kappa shape index (κ3) is 2.25. The first-order valence-corrected chi connectivity index (χ1v) is 3.73. The van der Waals surface area contributed by atoms with Gasteiger partial charge >= 0.3 is 12.1 Å². The van der Waals surface area contributed by atoms with Crippen LogP contribution in [0.3, 0.4) is 0 Å². The molecular weight excluding hydrogens is 212 g/mol. The van der Waals surface area contributed by atoms with Crippen molar-refractivity contribution >= 4 is 11.5 Å². The van der Waals surface area contributed by atoms with Crippen molar-refractivity contribution in [2.24, 2.45) is 0 Å². The number of hydrogen-bond donors (Lipinski definition) is 1. The van der Waals surface area contributed by atoms with E-state index in [4.69, 9.17) is 5.11 Å². The molecule has 0 spiro atoms. The van der Waals surface area contributed by atoms with Crippen LogP contribution in [-0.2, 0) is 0 Å². The van der Waals surface area contributed by atoms with Crippen molar-refractivity contribution in [2.45, 2.75) is 6.43 Å². The number of ketones is 1. The molecule has 0 aromatic heterocycles. The number of phenolic OH excluding ortho intramolecular Hbond substituents is 1. The Morgan fingerprint density at radius 1 is 1.47 bits per heavy atom. The first kappa shape index (κ1) is 11.0. The summed E-state index contributed by atoms with van der Waals surface area (Å²) in [4.78, 5) is 20.1. The summed E-state index contributed by atoms with van der Waals surface area (Å²) < 4.78 is 23.9. The van der Waals surface area contributed by atoms with Crippen LogP contribution >= 0.6 is 0 Å². The van der Waals surface area contributed by atoms with Gasteiger partial charge in [0.2, 0.25) is 5.78 Å². The molecule has 0 saturated carbocycles. The lowest BCUT2D eigenvalue weighted by molar-refractivity contribution is -0.385. The van der Waals surface area contributed by atoms with E-state index in [1.807, 2.05) is 0 Å². The van der Waals surface area contributed by atoms with Gasteiger partial charge in [0.25, 0.3) is 0 Å². The normalized spacial score (nSPS) is 10.3. The van der Waals surface area contributed by atoms with Crippen molar-refractivity contribution in [2.75, 3.05) is 0 Å². The van der Waals surface area contributed by atoms with E-state index < -0.39 is 34.1 Å². The van der Waals surface area contributed by atoms with Gasteiger partial charge in [0.15, 0.2) is 5.75 Å². The van der Waals surface area contributed by atoms with Gasteiger partial charge < -0.3 is 5.11 Å². The van der Waals surface area contributed by atoms with Crippen LogP contribution in [0.1, 0.15) is 10.4 Å². The predicted octanol–water partition coefficient (Wildman–Crippen LogP) is 1.75. The number of phenols is 1. The van der Waals surface area contributed by atoms with Crippen molar-refractivity contribution in [3.05, 3.63) is 33.9 Å². The Bertz CT molecular complexity index is 419. The maximum atomic E-state index is 11.9. The van der Waals surface area contributed by atoms with E-state index in [-0.39, 0.29) is 0 Å². The maximum Gasteiger partial charge on any atom is 0.310 e. The van der Waals surface area contributed by atoms with E-state index in [1.165, 1.54) is 0 Å². The third-order valence-corrected chi connectivity index (χ3v) is 1.65. The monoisotopic (exact) mass is 217 g/mol. The Morgan fingerprint density at radius 3 is 2.47 bits per heavy atom. The molecule has 15 heavy (non-hydrogen) atoms. The van der Waals surface area contributed by atoms with Crippen LogP contribution in [0, 0.1) is 10.1 Å². The van der Waals surface area contributed by atoms with Crippen LogP contribution in [0.25, 0.3) is 0 Å². The first-order chi connectivity index (χ1) is 6.93. The Morgan fingerprint density at radius 2 is 2.07 bits per heavy atom. The summed E-state index contributed by atoms with van der Waals surface area (Å²) in [6.07, 6.45) is -3.20. The minimum atomic E-state index is -3.20. The second-order valence-electron chi connectivity index (χ2n) is 2.63. The minimum absolute atomic E-state index is 0.465. The number of carbonyl (C=O) groups is 1. The van der Waals surface area contributed by atoms with Crippen molar-refractivity contribution in [3.63, 3.8) is 0 Å². The molecule has 0 bridgehead atoms. The van der Waals surface area contributed by atoms with Gasteiger partial charge in [-0.2, -0.15) is 0 Å². The van der Waals surface area contributed by atoms with Crippen molar-refractivity contribution in [1.29, 1.82) is 0 Å². The number of rotatable bonds is 3. The van der Waals surface area contributed by atoms with E-state index in [0.717, 1.165) is 12.1 Å². The molecule has 0 amide bonds. The van der Waals surface area contributed by atoms with Crippen LogP contribution in [0.5, 0.6) is 5.75 Å². The van der Waals surface area contributed by atoms with Crippen molar-refractivity contribution in [3.8, 4) is 5.75 Å². The van der Waals surface area contributed by atoms with Crippen LogP contribution < -0.4 is 0 Å². The number of alkyl halides is 2. The van der Waals surface area contributed by atoms with E-state index in [1.54, 1.807) is 0 Å². The average molecular weight is 217 g/mol. The maximum absolute atomic E-state index is 11.9. The zero-order valence-electron chi connectivity index (χ0n) is 7.18. The predicted molar refractivity (Wildman–Crippen MR) is 45.1 cm³/mol. The van der Waals surface area contributed by atoms with Crippen LogP contribution in [0.15, 0.2) is 18.2 Å². The SMILES string of the molecule is O=C(c1ccc([N+](=O)[O-])c(O)c1)C(F)F. The Hall–Kier alpha value is -2.05. The summed E-state index contributed by atoms with van der Waals surface area (Å²) >= 11 is 0. The summed E-state index contributed by atoms with van der Waals surface area (Å²) in [5.74, 6) is -2.30. The smallest absolute Gasteiger partial charge is 0.310 e. The van der Waals surface area contributed by atoms with E-state index in [9.17, 15) is 23.7 Å². The van der Waals surface area contributed by atoms with E-state index in [0.29, 0.717) is 6.07 Å². The molecule has 1 aromatic rings. The van der Waals surface area contributed by atoms with Crippen LogP contribution in [0.2, 0.25) is 0 Å². The molecule has 0 aliphatic carbocycles. The highest BCUT2D eigenvalue weighted by molar-refractivity contribution is 5.99. The molecule has 1 N–H and O–H groups in total. The van der Waals surface area contributed by atoms with Gasteiger partial charge in [-0.3, -0.25) is 14.9 Å². The molecule has 1 rings (SSSR count). The second kappa shape index (κ2) is 3.99. The number of aromatic hydroxyl groups is 1. The Balaban J connectivity index is 3.12. The molecule has 0 atom stereocenters. The molecule has 0 saturated heterocycles. The average Bonchev–Trinajstić information content (AvgIpc) is 2.15. The highest BCUT2D eigenvalue weighted by Gasteiger charge is 2.21. The number of Topliss-reactive ketones (excluding diaryl/α,β-unsaturated/α-hetero) is 1. The quantitative estimate of drug-likeness (QED) is 0.475. The number of carbonyl (C=O) groups excluding carboxylic acids is 1. The zero-order chi connectivity index (χ0) is 11.6. The summed E-state index contributed by atoms with van der Waals surface area (Å²) in [6, 6.07) is 2.31. The Kier molecular flexibility index (Phi) is 2.93. The molecule has 0 aliphatic rings. The van der Waals surface area contributed by atoms with Gasteiger partial charge in [0, 0.05) is 11.6 Å². The number of halogens is 2. The first-order valence-electron chi connectivity index (χ1n) is 3.73. The van der Waals surface area contributed by atoms with Gasteiger partial charge in [-0.15, -0.1) is 0 Å². The van der Waals surface area contributed by atoms with Gasteiger partial charge in [0.1, 0.15) is 0 Å². The molecule has 0 fully saturated rings. The van der Waals surface area contributed by atoms with Gasteiger partial charge in [0.05, 0.1) is 4.92 Å². The molecule has 1 aromatic carbocycles. The van der Waals surface area contributed by atoms with Crippen LogP contribution in [-0.4, -0.2) is 22.2 Å². The van der Waals surface area contributed by atoms with Gasteiger partial charge in [-0.05, 0) is 12.1 Å².